The number of likely N-dealkylation sites (tertiary alicyclic amines) is 1. The van der Waals surface area contributed by atoms with Crippen LogP contribution in [-0.2, 0) is 4.74 Å². The van der Waals surface area contributed by atoms with Crippen LogP contribution >= 0.6 is 0 Å². The molecule has 3 heteroatoms. The van der Waals surface area contributed by atoms with E-state index in [2.05, 4.69) is 31.1 Å². The van der Waals surface area contributed by atoms with Gasteiger partial charge < -0.3 is 10.1 Å². The second-order valence-electron chi connectivity index (χ2n) is 5.89. The molecule has 0 aliphatic carbocycles. The second kappa shape index (κ2) is 6.36. The first-order chi connectivity index (χ1) is 8.78. The first kappa shape index (κ1) is 14.3. The van der Waals surface area contributed by atoms with Crippen molar-refractivity contribution >= 4 is 0 Å². The molecule has 0 aromatic rings. The normalized spacial score (nSPS) is 27.8. The molecular weight excluding hydrogens is 224 g/mol. The molecule has 2 fully saturated rings. The fourth-order valence-corrected chi connectivity index (χ4v) is 4.25. The molecule has 0 aromatic carbocycles. The lowest BCUT2D eigenvalue weighted by molar-refractivity contribution is 0.0369. The summed E-state index contributed by atoms with van der Waals surface area (Å²) in [5.74, 6) is 0.690. The molecule has 1 N–H and O–H groups in total. The molecule has 2 rings (SSSR count). The average Bonchev–Trinajstić information content (AvgIpc) is 3.08. The molecule has 2 aliphatic rings. The summed E-state index contributed by atoms with van der Waals surface area (Å²) in [6.07, 6.45) is 6.46. The lowest BCUT2D eigenvalue weighted by Gasteiger charge is -2.49. The zero-order valence-corrected chi connectivity index (χ0v) is 12.4. The maximum atomic E-state index is 5.63. The van der Waals surface area contributed by atoms with E-state index in [1.54, 1.807) is 0 Å². The Morgan fingerprint density at radius 3 is 2.39 bits per heavy atom. The van der Waals surface area contributed by atoms with Gasteiger partial charge in [-0.3, -0.25) is 4.90 Å². The van der Waals surface area contributed by atoms with E-state index < -0.39 is 0 Å². The van der Waals surface area contributed by atoms with Crippen molar-refractivity contribution in [2.45, 2.75) is 57.5 Å². The molecule has 2 heterocycles. The van der Waals surface area contributed by atoms with Crippen LogP contribution in [0.25, 0.3) is 0 Å². The molecule has 2 saturated heterocycles. The Labute approximate surface area is 112 Å². The fourth-order valence-electron chi connectivity index (χ4n) is 4.25. The molecule has 0 saturated carbocycles. The molecule has 3 nitrogen and oxygen atoms in total. The van der Waals surface area contributed by atoms with Crippen LogP contribution in [0.1, 0.15) is 46.0 Å². The van der Waals surface area contributed by atoms with Crippen molar-refractivity contribution < 1.29 is 4.74 Å². The molecule has 2 unspecified atom stereocenters. The zero-order valence-electron chi connectivity index (χ0n) is 12.4. The van der Waals surface area contributed by atoms with Gasteiger partial charge in [-0.1, -0.05) is 13.8 Å². The molecule has 0 radical (unpaired) electrons. The first-order valence-electron chi connectivity index (χ1n) is 7.78. The van der Waals surface area contributed by atoms with Gasteiger partial charge in [-0.05, 0) is 52.2 Å². The smallest absolute Gasteiger partial charge is 0.0510 e. The molecule has 0 amide bonds. The molecule has 2 atom stereocenters. The number of likely N-dealkylation sites (N-methyl/N-ethyl adjacent to an activating group) is 1. The Morgan fingerprint density at radius 2 is 1.94 bits per heavy atom. The van der Waals surface area contributed by atoms with Gasteiger partial charge in [0.15, 0.2) is 0 Å². The summed E-state index contributed by atoms with van der Waals surface area (Å²) < 4.78 is 5.63. The Hall–Kier alpha value is -0.120. The Balaban J connectivity index is 2.19. The van der Waals surface area contributed by atoms with Crippen LogP contribution in [0.4, 0.5) is 0 Å². The van der Waals surface area contributed by atoms with Gasteiger partial charge in [0.1, 0.15) is 0 Å². The van der Waals surface area contributed by atoms with Gasteiger partial charge in [0.25, 0.3) is 0 Å². The van der Waals surface area contributed by atoms with Crippen molar-refractivity contribution in [3.05, 3.63) is 0 Å². The van der Waals surface area contributed by atoms with E-state index in [-0.39, 0.29) is 0 Å². The quantitative estimate of drug-likeness (QED) is 0.787. The summed E-state index contributed by atoms with van der Waals surface area (Å²) in [6.45, 7) is 9.19. The lowest BCUT2D eigenvalue weighted by Crippen LogP contribution is -2.62. The highest BCUT2D eigenvalue weighted by atomic mass is 16.5. The van der Waals surface area contributed by atoms with Crippen LogP contribution in [0.5, 0.6) is 0 Å². The molecule has 0 aromatic heterocycles. The van der Waals surface area contributed by atoms with E-state index in [9.17, 15) is 0 Å². The van der Waals surface area contributed by atoms with Gasteiger partial charge in [0.2, 0.25) is 0 Å². The minimum absolute atomic E-state index is 0.337. The van der Waals surface area contributed by atoms with Crippen molar-refractivity contribution in [3.8, 4) is 0 Å². The number of rotatable bonds is 6. The SMILES string of the molecule is CCC(CC)(C(NC)C1CCOC1)N1CCCC1. The second-order valence-corrected chi connectivity index (χ2v) is 5.89. The summed E-state index contributed by atoms with van der Waals surface area (Å²) >= 11 is 0. The maximum absolute atomic E-state index is 5.63. The molecule has 106 valence electrons. The topological polar surface area (TPSA) is 24.5 Å². The highest BCUT2D eigenvalue weighted by molar-refractivity contribution is 5.03. The van der Waals surface area contributed by atoms with Crippen LogP contribution in [0.15, 0.2) is 0 Å². The highest BCUT2D eigenvalue weighted by Crippen LogP contribution is 2.36. The summed E-state index contributed by atoms with van der Waals surface area (Å²) in [7, 11) is 2.14. The van der Waals surface area contributed by atoms with Crippen molar-refractivity contribution in [1.82, 2.24) is 10.2 Å². The third kappa shape index (κ3) is 2.45. The van der Waals surface area contributed by atoms with Crippen LogP contribution in [0, 0.1) is 5.92 Å². The van der Waals surface area contributed by atoms with Gasteiger partial charge in [-0.25, -0.2) is 0 Å². The van der Waals surface area contributed by atoms with Crippen molar-refractivity contribution in [3.63, 3.8) is 0 Å². The van der Waals surface area contributed by atoms with E-state index in [0.29, 0.717) is 17.5 Å². The Bertz CT molecular complexity index is 241. The molecule has 18 heavy (non-hydrogen) atoms. The van der Waals surface area contributed by atoms with Crippen LogP contribution in [-0.4, -0.2) is 49.8 Å². The molecule has 2 aliphatic heterocycles. The summed E-state index contributed by atoms with van der Waals surface area (Å²) in [5.41, 5.74) is 0.337. The number of ether oxygens (including phenoxy) is 1. The third-order valence-corrected chi connectivity index (χ3v) is 5.29. The van der Waals surface area contributed by atoms with Gasteiger partial charge >= 0.3 is 0 Å². The Kier molecular flexibility index (Phi) is 5.05. The highest BCUT2D eigenvalue weighted by Gasteiger charge is 2.45. The van der Waals surface area contributed by atoms with Crippen LogP contribution in [0.2, 0.25) is 0 Å². The van der Waals surface area contributed by atoms with Gasteiger partial charge in [-0.2, -0.15) is 0 Å². The fraction of sp³-hybridized carbons (Fsp3) is 1.00. The first-order valence-corrected chi connectivity index (χ1v) is 7.78. The zero-order chi connectivity index (χ0) is 13.0. The average molecular weight is 254 g/mol. The van der Waals surface area contributed by atoms with E-state index in [1.807, 2.05) is 0 Å². The third-order valence-electron chi connectivity index (χ3n) is 5.29. The molecule has 0 spiro atoms. The van der Waals surface area contributed by atoms with Crippen LogP contribution in [0.3, 0.4) is 0 Å². The lowest BCUT2D eigenvalue weighted by atomic mass is 9.76. The standard InChI is InChI=1S/C15H30N2O/c1-4-15(5-2,17-9-6-7-10-17)14(16-3)13-8-11-18-12-13/h13-14,16H,4-12H2,1-3H3. The van der Waals surface area contributed by atoms with E-state index in [1.165, 1.54) is 45.2 Å². The van der Waals surface area contributed by atoms with Crippen molar-refractivity contribution in [2.24, 2.45) is 5.92 Å². The minimum atomic E-state index is 0.337. The predicted molar refractivity (Wildman–Crippen MR) is 75.9 cm³/mol. The maximum Gasteiger partial charge on any atom is 0.0510 e. The summed E-state index contributed by atoms with van der Waals surface area (Å²) in [5, 5.41) is 3.64. The number of nitrogens with one attached hydrogen (secondary N) is 1. The van der Waals surface area contributed by atoms with Crippen molar-refractivity contribution in [1.29, 1.82) is 0 Å². The largest absolute Gasteiger partial charge is 0.381 e. The summed E-state index contributed by atoms with van der Waals surface area (Å²) in [6, 6.07) is 0.577. The molecule has 0 bridgehead atoms. The van der Waals surface area contributed by atoms with Gasteiger partial charge in [0, 0.05) is 24.1 Å². The van der Waals surface area contributed by atoms with E-state index >= 15 is 0 Å². The van der Waals surface area contributed by atoms with E-state index in [0.717, 1.165) is 13.2 Å². The predicted octanol–water partition coefficient (Wildman–Crippen LogP) is 2.27. The van der Waals surface area contributed by atoms with Gasteiger partial charge in [-0.15, -0.1) is 0 Å². The van der Waals surface area contributed by atoms with Crippen LogP contribution < -0.4 is 5.32 Å². The Morgan fingerprint density at radius 1 is 1.28 bits per heavy atom. The number of hydrogen-bond acceptors (Lipinski definition) is 3. The minimum Gasteiger partial charge on any atom is -0.381 e. The monoisotopic (exact) mass is 254 g/mol. The van der Waals surface area contributed by atoms with Crippen molar-refractivity contribution in [2.75, 3.05) is 33.4 Å². The summed E-state index contributed by atoms with van der Waals surface area (Å²) in [4.78, 5) is 2.76. The number of nitrogens with zero attached hydrogens (tertiary/aromatic N) is 1. The number of hydrogen-bond donors (Lipinski definition) is 1. The van der Waals surface area contributed by atoms with E-state index in [4.69, 9.17) is 4.74 Å². The van der Waals surface area contributed by atoms with Gasteiger partial charge in [0.05, 0.1) is 6.61 Å². The molecular formula is C15H30N2O.